The van der Waals surface area contributed by atoms with Gasteiger partial charge in [-0.3, -0.25) is 0 Å². The number of rotatable bonds is 2. The lowest BCUT2D eigenvalue weighted by Crippen LogP contribution is -2.06. The molecule has 1 unspecified atom stereocenters. The first kappa shape index (κ1) is 7.62. The second-order valence-electron chi connectivity index (χ2n) is 1.94. The van der Waals surface area contributed by atoms with E-state index in [0.29, 0.717) is 0 Å². The highest BCUT2D eigenvalue weighted by Crippen LogP contribution is 2.05. The molecule has 0 saturated carbocycles. The molecule has 0 bridgehead atoms. The molecule has 0 aliphatic carbocycles. The molecule has 0 N–H and O–H groups in total. The van der Waals surface area contributed by atoms with Gasteiger partial charge in [0.2, 0.25) is 0 Å². The largest absolute Gasteiger partial charge is 0.497 e. The number of methoxy groups -OCH3 is 1. The van der Waals surface area contributed by atoms with E-state index < -0.39 is 0 Å². The maximum absolute atomic E-state index is 4.99. The summed E-state index contributed by atoms with van der Waals surface area (Å²) in [6.07, 6.45) is 0. The fraction of sp³-hybridized carbons (Fsp3) is 0.143. The van der Waals surface area contributed by atoms with Gasteiger partial charge < -0.3 is 4.74 Å². The first-order chi connectivity index (χ1) is 4.86. The highest BCUT2D eigenvalue weighted by molar-refractivity contribution is 7.58. The minimum Gasteiger partial charge on any atom is -0.497 e. The summed E-state index contributed by atoms with van der Waals surface area (Å²) in [4.78, 5) is 0. The van der Waals surface area contributed by atoms with Gasteiger partial charge in [-0.25, -0.2) is 0 Å². The molecule has 51 valence electrons. The van der Waals surface area contributed by atoms with Gasteiger partial charge in [0.1, 0.15) is 5.75 Å². The predicted molar refractivity (Wildman–Crippen MR) is 48.1 cm³/mol. The van der Waals surface area contributed by atoms with Crippen molar-refractivity contribution >= 4 is 21.6 Å². The fourth-order valence-electron chi connectivity index (χ4n) is 0.715. The fourth-order valence-corrected chi connectivity index (χ4v) is 0.937. The van der Waals surface area contributed by atoms with Crippen LogP contribution in [0.15, 0.2) is 24.3 Å². The van der Waals surface area contributed by atoms with Crippen LogP contribution in [0.4, 0.5) is 0 Å². The molecule has 1 rings (SSSR count). The van der Waals surface area contributed by atoms with Crippen LogP contribution in [-0.2, 0) is 0 Å². The Morgan fingerprint density at radius 2 is 1.90 bits per heavy atom. The summed E-state index contributed by atoms with van der Waals surface area (Å²) in [5.41, 5.74) is 1.19. The van der Waals surface area contributed by atoms with Crippen LogP contribution in [0.2, 0.25) is 0 Å². The SMILES string of the molecule is COc1ccc([B]P)cc1. The molecular weight excluding hydrogens is 142 g/mol. The van der Waals surface area contributed by atoms with E-state index in [4.69, 9.17) is 4.74 Å². The van der Waals surface area contributed by atoms with E-state index in [1.807, 2.05) is 31.3 Å². The van der Waals surface area contributed by atoms with E-state index in [1.54, 1.807) is 7.11 Å². The molecule has 1 radical (unpaired) electrons. The monoisotopic (exact) mass is 151 g/mol. The van der Waals surface area contributed by atoms with Gasteiger partial charge in [0.05, 0.1) is 7.11 Å². The molecular formula is C7H9BOP. The molecule has 0 aromatic heterocycles. The van der Waals surface area contributed by atoms with Crippen LogP contribution in [0.3, 0.4) is 0 Å². The van der Waals surface area contributed by atoms with Crippen LogP contribution >= 0.6 is 9.12 Å². The first-order valence-electron chi connectivity index (χ1n) is 3.06. The van der Waals surface area contributed by atoms with E-state index >= 15 is 0 Å². The van der Waals surface area contributed by atoms with Crippen molar-refractivity contribution in [2.45, 2.75) is 0 Å². The molecule has 0 aliphatic rings. The van der Waals surface area contributed by atoms with E-state index in [2.05, 4.69) is 9.12 Å². The van der Waals surface area contributed by atoms with Gasteiger partial charge in [0.15, 0.2) is 7.00 Å². The van der Waals surface area contributed by atoms with Crippen molar-refractivity contribution in [3.8, 4) is 5.75 Å². The van der Waals surface area contributed by atoms with Crippen LogP contribution in [0.25, 0.3) is 0 Å². The average molecular weight is 151 g/mol. The smallest absolute Gasteiger partial charge is 0.178 e. The van der Waals surface area contributed by atoms with Gasteiger partial charge in [-0.2, -0.15) is 9.12 Å². The molecule has 1 atom stereocenters. The minimum absolute atomic E-state index is 0.899. The molecule has 3 heteroatoms. The third-order valence-corrected chi connectivity index (χ3v) is 1.69. The summed E-state index contributed by atoms with van der Waals surface area (Å²) < 4.78 is 4.99. The lowest BCUT2D eigenvalue weighted by atomic mass is 9.95. The molecule has 0 fully saturated rings. The van der Waals surface area contributed by atoms with Crippen molar-refractivity contribution < 1.29 is 4.74 Å². The van der Waals surface area contributed by atoms with E-state index in [-0.39, 0.29) is 0 Å². The quantitative estimate of drug-likeness (QED) is 0.449. The molecule has 0 heterocycles. The molecule has 0 aliphatic heterocycles. The van der Waals surface area contributed by atoms with Crippen LogP contribution in [-0.4, -0.2) is 14.1 Å². The van der Waals surface area contributed by atoms with E-state index in [9.17, 15) is 0 Å². The Hall–Kier alpha value is -0.485. The Bertz CT molecular complexity index is 174. The zero-order valence-corrected chi connectivity index (χ0v) is 7.03. The lowest BCUT2D eigenvalue weighted by Gasteiger charge is -1.98. The standard InChI is InChI=1S/C7H9BOP/c1-9-7-4-2-6(8-10)3-5-7/h2-5H,10H2,1H3. The summed E-state index contributed by atoms with van der Waals surface area (Å²) in [6.45, 7) is 1.97. The summed E-state index contributed by atoms with van der Waals surface area (Å²) in [5.74, 6) is 0.899. The molecule has 10 heavy (non-hydrogen) atoms. The summed E-state index contributed by atoms with van der Waals surface area (Å²) >= 11 is 0. The summed E-state index contributed by atoms with van der Waals surface area (Å²) in [6, 6.07) is 7.89. The number of benzene rings is 1. The van der Waals surface area contributed by atoms with E-state index in [0.717, 1.165) is 5.75 Å². The van der Waals surface area contributed by atoms with Crippen molar-refractivity contribution in [1.82, 2.24) is 0 Å². The van der Waals surface area contributed by atoms with Gasteiger partial charge in [-0.15, -0.1) is 0 Å². The van der Waals surface area contributed by atoms with Crippen molar-refractivity contribution in [2.75, 3.05) is 7.11 Å². The number of ether oxygens (including phenoxy) is 1. The number of hydrogen-bond acceptors (Lipinski definition) is 1. The molecule has 0 spiro atoms. The Morgan fingerprint density at radius 1 is 1.30 bits per heavy atom. The second kappa shape index (κ2) is 3.63. The molecule has 0 amide bonds. The van der Waals surface area contributed by atoms with Crippen molar-refractivity contribution in [1.29, 1.82) is 0 Å². The summed E-state index contributed by atoms with van der Waals surface area (Å²) in [7, 11) is 4.23. The Balaban J connectivity index is 2.80. The molecule has 0 saturated heterocycles. The Kier molecular flexibility index (Phi) is 2.76. The second-order valence-corrected chi connectivity index (χ2v) is 2.27. The predicted octanol–water partition coefficient (Wildman–Crippen LogP) is 0.815. The van der Waals surface area contributed by atoms with Crippen molar-refractivity contribution in [3.05, 3.63) is 24.3 Å². The van der Waals surface area contributed by atoms with Crippen LogP contribution in [0.5, 0.6) is 5.75 Å². The maximum Gasteiger partial charge on any atom is 0.178 e. The Morgan fingerprint density at radius 3 is 2.30 bits per heavy atom. The third kappa shape index (κ3) is 1.75. The van der Waals surface area contributed by atoms with Crippen LogP contribution < -0.4 is 10.2 Å². The first-order valence-corrected chi connectivity index (χ1v) is 3.72. The average Bonchev–Trinajstić information content (AvgIpc) is 2.05. The van der Waals surface area contributed by atoms with Crippen LogP contribution in [0.1, 0.15) is 0 Å². The minimum atomic E-state index is 0.899. The molecule has 1 aromatic carbocycles. The van der Waals surface area contributed by atoms with E-state index in [1.165, 1.54) is 5.46 Å². The highest BCUT2D eigenvalue weighted by Gasteiger charge is 1.90. The zero-order chi connectivity index (χ0) is 7.40. The van der Waals surface area contributed by atoms with Crippen molar-refractivity contribution in [2.24, 2.45) is 0 Å². The van der Waals surface area contributed by atoms with Gasteiger partial charge >= 0.3 is 0 Å². The highest BCUT2D eigenvalue weighted by atomic mass is 31.0. The zero-order valence-electron chi connectivity index (χ0n) is 5.87. The Labute approximate surface area is 64.2 Å². The van der Waals surface area contributed by atoms with Crippen molar-refractivity contribution in [3.63, 3.8) is 0 Å². The lowest BCUT2D eigenvalue weighted by molar-refractivity contribution is 0.415. The van der Waals surface area contributed by atoms with Gasteiger partial charge in [-0.1, -0.05) is 17.6 Å². The summed E-state index contributed by atoms with van der Waals surface area (Å²) in [5, 5.41) is 0. The molecule has 1 nitrogen and oxygen atoms in total. The van der Waals surface area contributed by atoms with Gasteiger partial charge in [0.25, 0.3) is 0 Å². The number of hydrogen-bond donors (Lipinski definition) is 0. The molecule has 1 aromatic rings. The van der Waals surface area contributed by atoms with Gasteiger partial charge in [-0.05, 0) is 12.1 Å². The topological polar surface area (TPSA) is 9.23 Å². The third-order valence-electron chi connectivity index (χ3n) is 1.31. The van der Waals surface area contributed by atoms with Crippen LogP contribution in [0, 0.1) is 0 Å². The maximum atomic E-state index is 4.99. The normalized spacial score (nSPS) is 9.00. The van der Waals surface area contributed by atoms with Gasteiger partial charge in [0, 0.05) is 0 Å².